The molecule has 0 radical (unpaired) electrons. The Hall–Kier alpha value is -2.65. The highest BCUT2D eigenvalue weighted by Gasteiger charge is 2.13. The van der Waals surface area contributed by atoms with E-state index in [1.165, 1.54) is 24.3 Å². The topological polar surface area (TPSA) is 120 Å². The summed E-state index contributed by atoms with van der Waals surface area (Å²) in [7, 11) is -2.18. The Bertz CT molecular complexity index is 842. The third-order valence-electron chi connectivity index (χ3n) is 2.93. The molecule has 0 saturated heterocycles. The summed E-state index contributed by atoms with van der Waals surface area (Å²) in [4.78, 5) is 23.4. The smallest absolute Gasteiger partial charge is 0.355 e. The van der Waals surface area contributed by atoms with Crippen molar-refractivity contribution in [1.29, 1.82) is 0 Å². The number of ether oxygens (including phenoxy) is 1. The van der Waals surface area contributed by atoms with E-state index >= 15 is 0 Å². The molecule has 0 atom stereocenters. The fourth-order valence-corrected chi connectivity index (χ4v) is 2.39. The van der Waals surface area contributed by atoms with E-state index in [1.54, 1.807) is 29.9 Å². The van der Waals surface area contributed by atoms with Gasteiger partial charge < -0.3 is 14.6 Å². The number of esters is 1. The van der Waals surface area contributed by atoms with E-state index in [0.717, 1.165) is 0 Å². The van der Waals surface area contributed by atoms with Crippen LogP contribution in [-0.4, -0.2) is 31.5 Å². The highest BCUT2D eigenvalue weighted by atomic mass is 32.2. The molecule has 23 heavy (non-hydrogen) atoms. The second kappa shape index (κ2) is 6.63. The normalized spacial score (nSPS) is 11.0. The van der Waals surface area contributed by atoms with Crippen LogP contribution in [-0.2, 0) is 26.6 Å². The molecule has 0 saturated carbocycles. The van der Waals surface area contributed by atoms with Gasteiger partial charge in [0.25, 0.3) is 5.91 Å². The second-order valence-corrected chi connectivity index (χ2v) is 6.26. The summed E-state index contributed by atoms with van der Waals surface area (Å²) >= 11 is 0. The Balaban J connectivity index is 1.95. The molecular formula is C14H15N3O5S. The highest BCUT2D eigenvalue weighted by molar-refractivity contribution is 7.89. The number of primary sulfonamides is 1. The Labute approximate surface area is 132 Å². The van der Waals surface area contributed by atoms with E-state index in [0.29, 0.717) is 5.69 Å². The molecule has 3 N–H and O–H groups in total. The lowest BCUT2D eigenvalue weighted by Crippen LogP contribution is -2.22. The third kappa shape index (κ3) is 4.41. The lowest BCUT2D eigenvalue weighted by molar-refractivity contribution is -0.119. The molecule has 0 aliphatic rings. The first-order valence-corrected chi connectivity index (χ1v) is 8.03. The summed E-state index contributed by atoms with van der Waals surface area (Å²) in [5.41, 5.74) is 0.547. The summed E-state index contributed by atoms with van der Waals surface area (Å²) in [5.74, 6) is -1.23. The van der Waals surface area contributed by atoms with Crippen LogP contribution in [0.15, 0.2) is 47.5 Å². The van der Waals surface area contributed by atoms with Gasteiger partial charge in [0.2, 0.25) is 10.0 Å². The average Bonchev–Trinajstić information content (AvgIpc) is 2.90. The van der Waals surface area contributed by atoms with E-state index in [2.05, 4.69) is 5.32 Å². The second-order valence-electron chi connectivity index (χ2n) is 4.70. The molecular weight excluding hydrogens is 322 g/mol. The van der Waals surface area contributed by atoms with Gasteiger partial charge in [-0.15, -0.1) is 0 Å². The summed E-state index contributed by atoms with van der Waals surface area (Å²) in [6, 6.07) is 8.69. The number of nitrogens with one attached hydrogen (secondary N) is 1. The maximum Gasteiger partial charge on any atom is 0.355 e. The zero-order valence-corrected chi connectivity index (χ0v) is 13.0. The molecule has 0 aliphatic heterocycles. The lowest BCUT2D eigenvalue weighted by atomic mass is 10.3. The molecule has 1 aromatic carbocycles. The van der Waals surface area contributed by atoms with E-state index in [1.807, 2.05) is 0 Å². The molecule has 2 aromatic rings. The molecule has 0 bridgehead atoms. The van der Waals surface area contributed by atoms with Gasteiger partial charge in [0, 0.05) is 18.9 Å². The average molecular weight is 337 g/mol. The maximum absolute atomic E-state index is 11.8. The van der Waals surface area contributed by atoms with Crippen molar-refractivity contribution in [3.05, 3.63) is 48.3 Å². The van der Waals surface area contributed by atoms with Gasteiger partial charge in [0.15, 0.2) is 6.61 Å². The van der Waals surface area contributed by atoms with Crippen LogP contribution in [0.3, 0.4) is 0 Å². The monoisotopic (exact) mass is 337 g/mol. The highest BCUT2D eigenvalue weighted by Crippen LogP contribution is 2.14. The van der Waals surface area contributed by atoms with Gasteiger partial charge in [0.1, 0.15) is 5.69 Å². The minimum Gasteiger partial charge on any atom is -0.451 e. The molecule has 0 unspecified atom stereocenters. The Morgan fingerprint density at radius 2 is 2.00 bits per heavy atom. The largest absolute Gasteiger partial charge is 0.451 e. The van der Waals surface area contributed by atoms with Crippen molar-refractivity contribution >= 4 is 27.6 Å². The molecule has 2 rings (SSSR count). The number of aryl methyl sites for hydroxylation is 1. The molecule has 0 spiro atoms. The number of aromatic nitrogens is 1. The number of amides is 1. The number of nitrogens with two attached hydrogens (primary N) is 1. The SMILES string of the molecule is Cn1cccc1C(=O)OCC(=O)Nc1cccc(S(N)(=O)=O)c1. The number of rotatable bonds is 5. The predicted molar refractivity (Wildman–Crippen MR) is 82.1 cm³/mol. The number of hydrogen-bond acceptors (Lipinski definition) is 5. The quantitative estimate of drug-likeness (QED) is 0.768. The van der Waals surface area contributed by atoms with Crippen LogP contribution < -0.4 is 10.5 Å². The number of carbonyl (C=O) groups excluding carboxylic acids is 2. The molecule has 1 heterocycles. The summed E-state index contributed by atoms with van der Waals surface area (Å²) < 4.78 is 28.9. The molecule has 0 fully saturated rings. The Morgan fingerprint density at radius 1 is 1.26 bits per heavy atom. The van der Waals surface area contributed by atoms with Gasteiger partial charge in [0.05, 0.1) is 4.90 Å². The van der Waals surface area contributed by atoms with Crippen LogP contribution >= 0.6 is 0 Å². The van der Waals surface area contributed by atoms with Crippen LogP contribution in [0.4, 0.5) is 5.69 Å². The van der Waals surface area contributed by atoms with Gasteiger partial charge in [-0.2, -0.15) is 0 Å². The van der Waals surface area contributed by atoms with Crippen LogP contribution in [0.2, 0.25) is 0 Å². The maximum atomic E-state index is 11.8. The van der Waals surface area contributed by atoms with E-state index < -0.39 is 28.5 Å². The number of sulfonamides is 1. The summed E-state index contributed by atoms with van der Waals surface area (Å²) in [6.07, 6.45) is 1.68. The summed E-state index contributed by atoms with van der Waals surface area (Å²) in [5, 5.41) is 7.44. The van der Waals surface area contributed by atoms with E-state index in [4.69, 9.17) is 9.88 Å². The summed E-state index contributed by atoms with van der Waals surface area (Å²) in [6.45, 7) is -0.496. The van der Waals surface area contributed by atoms with Crippen molar-refractivity contribution in [3.8, 4) is 0 Å². The fourth-order valence-electron chi connectivity index (χ4n) is 1.83. The van der Waals surface area contributed by atoms with Gasteiger partial charge in [-0.05, 0) is 30.3 Å². The van der Waals surface area contributed by atoms with Crippen molar-refractivity contribution < 1.29 is 22.7 Å². The van der Waals surface area contributed by atoms with Crippen molar-refractivity contribution in [3.63, 3.8) is 0 Å². The first-order chi connectivity index (χ1) is 10.8. The van der Waals surface area contributed by atoms with Crippen molar-refractivity contribution in [1.82, 2.24) is 4.57 Å². The van der Waals surface area contributed by atoms with Gasteiger partial charge in [-0.3, -0.25) is 4.79 Å². The third-order valence-corrected chi connectivity index (χ3v) is 3.84. The standard InChI is InChI=1S/C14H15N3O5S/c1-17-7-3-6-12(17)14(19)22-9-13(18)16-10-4-2-5-11(8-10)23(15,20)21/h2-8H,9H2,1H3,(H,16,18)(H2,15,20,21). The minimum absolute atomic E-state index is 0.129. The lowest BCUT2D eigenvalue weighted by Gasteiger charge is -2.08. The Morgan fingerprint density at radius 3 is 2.61 bits per heavy atom. The van der Waals surface area contributed by atoms with Crippen molar-refractivity contribution in [2.45, 2.75) is 4.90 Å². The van der Waals surface area contributed by atoms with Crippen LogP contribution in [0.25, 0.3) is 0 Å². The first kappa shape index (κ1) is 16.7. The molecule has 1 aromatic heterocycles. The fraction of sp³-hybridized carbons (Fsp3) is 0.143. The van der Waals surface area contributed by atoms with Gasteiger partial charge >= 0.3 is 5.97 Å². The van der Waals surface area contributed by atoms with Crippen LogP contribution in [0.5, 0.6) is 0 Å². The van der Waals surface area contributed by atoms with Crippen LogP contribution in [0, 0.1) is 0 Å². The van der Waals surface area contributed by atoms with Gasteiger partial charge in [-0.1, -0.05) is 6.07 Å². The van der Waals surface area contributed by atoms with E-state index in [9.17, 15) is 18.0 Å². The van der Waals surface area contributed by atoms with E-state index in [-0.39, 0.29) is 10.6 Å². The molecule has 1 amide bonds. The number of carbonyl (C=O) groups is 2. The number of hydrogen-bond donors (Lipinski definition) is 2. The number of benzene rings is 1. The zero-order valence-electron chi connectivity index (χ0n) is 12.2. The molecule has 9 heteroatoms. The minimum atomic E-state index is -3.86. The predicted octanol–water partition coefficient (Wildman–Crippen LogP) is 0.468. The first-order valence-electron chi connectivity index (χ1n) is 6.48. The zero-order chi connectivity index (χ0) is 17.0. The number of anilines is 1. The van der Waals surface area contributed by atoms with Crippen molar-refractivity contribution in [2.75, 3.05) is 11.9 Å². The number of nitrogens with zero attached hydrogens (tertiary/aromatic N) is 1. The molecule has 8 nitrogen and oxygen atoms in total. The molecule has 0 aliphatic carbocycles. The molecule has 122 valence electrons. The van der Waals surface area contributed by atoms with Crippen LogP contribution in [0.1, 0.15) is 10.5 Å². The Kier molecular flexibility index (Phi) is 4.82. The van der Waals surface area contributed by atoms with Crippen molar-refractivity contribution in [2.24, 2.45) is 12.2 Å². The van der Waals surface area contributed by atoms with Gasteiger partial charge in [-0.25, -0.2) is 18.4 Å².